The average Bonchev–Trinajstić information content (AvgIpc) is 3.03. The molecule has 4 nitrogen and oxygen atoms in total. The molecule has 0 radical (unpaired) electrons. The quantitative estimate of drug-likeness (QED) is 0.696. The van der Waals surface area contributed by atoms with Crippen LogP contribution < -0.4 is 5.43 Å². The molecule has 1 fully saturated rings. The van der Waals surface area contributed by atoms with Crippen LogP contribution in [0.1, 0.15) is 18.4 Å². The molecule has 2 aromatic carbocycles. The van der Waals surface area contributed by atoms with Crippen LogP contribution in [-0.4, -0.2) is 36.7 Å². The number of amides is 1. The number of nitrogens with zero attached hydrogens (tertiary/aromatic N) is 2. The average molecular weight is 316 g/mol. The van der Waals surface area contributed by atoms with Crippen molar-refractivity contribution in [1.29, 1.82) is 0 Å². The Kier molecular flexibility index (Phi) is 4.71. The number of rotatable bonds is 4. The van der Waals surface area contributed by atoms with Crippen LogP contribution >= 0.6 is 11.6 Å². The molecule has 22 heavy (non-hydrogen) atoms. The summed E-state index contributed by atoms with van der Waals surface area (Å²) in [6.45, 7) is 2.41. The van der Waals surface area contributed by atoms with E-state index in [0.29, 0.717) is 11.6 Å². The van der Waals surface area contributed by atoms with Crippen LogP contribution in [0.3, 0.4) is 0 Å². The number of carbonyl (C=O) groups is 1. The van der Waals surface area contributed by atoms with Gasteiger partial charge in [-0.1, -0.05) is 41.9 Å². The Balaban J connectivity index is 1.67. The molecular weight excluding hydrogens is 298 g/mol. The van der Waals surface area contributed by atoms with E-state index in [4.69, 9.17) is 11.6 Å². The molecule has 1 aliphatic rings. The highest BCUT2D eigenvalue weighted by Gasteiger charge is 2.14. The van der Waals surface area contributed by atoms with Crippen LogP contribution in [0.4, 0.5) is 0 Å². The third-order valence-electron chi connectivity index (χ3n) is 3.86. The monoisotopic (exact) mass is 315 g/mol. The maximum Gasteiger partial charge on any atom is 0.254 e. The van der Waals surface area contributed by atoms with E-state index in [2.05, 4.69) is 15.4 Å². The predicted molar refractivity (Wildman–Crippen MR) is 90.4 cm³/mol. The molecule has 0 bridgehead atoms. The van der Waals surface area contributed by atoms with Crippen LogP contribution in [0.5, 0.6) is 0 Å². The zero-order valence-electron chi connectivity index (χ0n) is 12.3. The Morgan fingerprint density at radius 1 is 1.18 bits per heavy atom. The number of benzene rings is 2. The van der Waals surface area contributed by atoms with E-state index < -0.39 is 0 Å². The predicted octanol–water partition coefficient (Wildman–Crippen LogP) is 3.04. The highest BCUT2D eigenvalue weighted by atomic mass is 35.5. The van der Waals surface area contributed by atoms with Gasteiger partial charge < -0.3 is 0 Å². The topological polar surface area (TPSA) is 44.7 Å². The van der Waals surface area contributed by atoms with Crippen molar-refractivity contribution in [1.82, 2.24) is 10.3 Å². The lowest BCUT2D eigenvalue weighted by Crippen LogP contribution is -2.33. The van der Waals surface area contributed by atoms with E-state index in [9.17, 15) is 4.79 Å². The Morgan fingerprint density at radius 2 is 1.91 bits per heavy atom. The Hall–Kier alpha value is -1.91. The molecule has 3 rings (SSSR count). The first kappa shape index (κ1) is 15.0. The molecule has 0 spiro atoms. The Morgan fingerprint density at radius 3 is 2.68 bits per heavy atom. The molecule has 5 heteroatoms. The molecule has 0 saturated carbocycles. The van der Waals surface area contributed by atoms with Gasteiger partial charge in [-0.2, -0.15) is 5.10 Å². The molecule has 1 aliphatic heterocycles. The molecule has 1 heterocycles. The summed E-state index contributed by atoms with van der Waals surface area (Å²) in [5.74, 6) is -0.0728. The van der Waals surface area contributed by atoms with E-state index in [-0.39, 0.29) is 5.91 Å². The number of likely N-dealkylation sites (tertiary alicyclic amines) is 1. The maximum atomic E-state index is 11.8. The summed E-state index contributed by atoms with van der Waals surface area (Å²) in [7, 11) is 0. The number of halogens is 1. The van der Waals surface area contributed by atoms with Crippen molar-refractivity contribution < 1.29 is 4.79 Å². The summed E-state index contributed by atoms with van der Waals surface area (Å²) >= 11 is 6.19. The zero-order chi connectivity index (χ0) is 15.4. The number of hydrogen-bond donors (Lipinski definition) is 1. The lowest BCUT2D eigenvalue weighted by molar-refractivity contribution is -0.121. The van der Waals surface area contributed by atoms with Gasteiger partial charge in [0.25, 0.3) is 5.91 Å². The minimum absolute atomic E-state index is 0.0728. The third-order valence-corrected chi connectivity index (χ3v) is 4.19. The summed E-state index contributed by atoms with van der Waals surface area (Å²) in [5.41, 5.74) is 3.53. The fraction of sp³-hybridized carbons (Fsp3) is 0.294. The highest BCUT2D eigenvalue weighted by Crippen LogP contribution is 2.25. The van der Waals surface area contributed by atoms with Gasteiger partial charge in [-0.3, -0.25) is 9.69 Å². The molecule has 1 amide bonds. The number of hydrogen-bond acceptors (Lipinski definition) is 3. The van der Waals surface area contributed by atoms with Crippen molar-refractivity contribution in [2.75, 3.05) is 19.6 Å². The Bertz CT molecular complexity index is 708. The van der Waals surface area contributed by atoms with Gasteiger partial charge in [0.2, 0.25) is 0 Å². The Labute approximate surface area is 134 Å². The molecule has 2 aromatic rings. The summed E-state index contributed by atoms with van der Waals surface area (Å²) in [4.78, 5) is 14.0. The van der Waals surface area contributed by atoms with Crippen LogP contribution in [-0.2, 0) is 4.79 Å². The summed E-state index contributed by atoms with van der Waals surface area (Å²) in [5, 5.41) is 6.79. The van der Waals surface area contributed by atoms with Gasteiger partial charge in [-0.05, 0) is 37.4 Å². The lowest BCUT2D eigenvalue weighted by atomic mass is 10.1. The van der Waals surface area contributed by atoms with Crippen molar-refractivity contribution in [3.63, 3.8) is 0 Å². The van der Waals surface area contributed by atoms with Crippen LogP contribution in [0.2, 0.25) is 5.02 Å². The van der Waals surface area contributed by atoms with Gasteiger partial charge >= 0.3 is 0 Å². The molecule has 1 saturated heterocycles. The van der Waals surface area contributed by atoms with Crippen molar-refractivity contribution in [3.8, 4) is 0 Å². The molecule has 0 atom stereocenters. The fourth-order valence-corrected chi connectivity index (χ4v) is 2.98. The number of carbonyl (C=O) groups excluding carboxylic acids is 1. The molecule has 0 unspecified atom stereocenters. The number of nitrogens with one attached hydrogen (secondary N) is 1. The molecule has 0 aliphatic carbocycles. The first-order chi connectivity index (χ1) is 10.7. The third kappa shape index (κ3) is 3.46. The maximum absolute atomic E-state index is 11.8. The summed E-state index contributed by atoms with van der Waals surface area (Å²) in [6, 6.07) is 11.6. The SMILES string of the molecule is O=C(CN1CCCC1)N/N=C/c1ccc(Cl)c2ccccc12. The number of hydrazone groups is 1. The zero-order valence-corrected chi connectivity index (χ0v) is 13.0. The van der Waals surface area contributed by atoms with E-state index in [1.807, 2.05) is 36.4 Å². The second kappa shape index (κ2) is 6.90. The van der Waals surface area contributed by atoms with Gasteiger partial charge in [0, 0.05) is 16.0 Å². The highest BCUT2D eigenvalue weighted by molar-refractivity contribution is 6.36. The van der Waals surface area contributed by atoms with Gasteiger partial charge in [-0.15, -0.1) is 0 Å². The largest absolute Gasteiger partial charge is 0.294 e. The first-order valence-electron chi connectivity index (χ1n) is 7.45. The van der Waals surface area contributed by atoms with Crippen LogP contribution in [0.25, 0.3) is 10.8 Å². The molecule has 1 N–H and O–H groups in total. The second-order valence-electron chi connectivity index (χ2n) is 5.46. The van der Waals surface area contributed by atoms with Crippen molar-refractivity contribution in [2.45, 2.75) is 12.8 Å². The number of fused-ring (bicyclic) bond motifs is 1. The lowest BCUT2D eigenvalue weighted by Gasteiger charge is -2.12. The van der Waals surface area contributed by atoms with Gasteiger partial charge in [0.05, 0.1) is 12.8 Å². The van der Waals surface area contributed by atoms with Crippen molar-refractivity contribution in [2.24, 2.45) is 5.10 Å². The van der Waals surface area contributed by atoms with Gasteiger partial charge in [0.15, 0.2) is 0 Å². The summed E-state index contributed by atoms with van der Waals surface area (Å²) < 4.78 is 0. The van der Waals surface area contributed by atoms with Crippen LogP contribution in [0, 0.1) is 0 Å². The van der Waals surface area contributed by atoms with Gasteiger partial charge in [0.1, 0.15) is 0 Å². The fourth-order valence-electron chi connectivity index (χ4n) is 2.75. The summed E-state index contributed by atoms with van der Waals surface area (Å²) in [6.07, 6.45) is 4.02. The van der Waals surface area contributed by atoms with E-state index in [0.717, 1.165) is 29.4 Å². The van der Waals surface area contributed by atoms with Crippen molar-refractivity contribution >= 4 is 34.5 Å². The molecule has 114 valence electrons. The van der Waals surface area contributed by atoms with Crippen LogP contribution in [0.15, 0.2) is 41.5 Å². The standard InChI is InChI=1S/C17H18ClN3O/c18-16-8-7-13(14-5-1-2-6-15(14)16)11-19-20-17(22)12-21-9-3-4-10-21/h1-2,5-8,11H,3-4,9-10,12H2,(H,20,22)/b19-11+. The first-order valence-corrected chi connectivity index (χ1v) is 7.83. The molecular formula is C17H18ClN3O. The minimum atomic E-state index is -0.0728. The van der Waals surface area contributed by atoms with E-state index in [1.54, 1.807) is 6.21 Å². The second-order valence-corrected chi connectivity index (χ2v) is 5.87. The normalized spacial score (nSPS) is 15.7. The van der Waals surface area contributed by atoms with E-state index in [1.165, 1.54) is 12.8 Å². The smallest absolute Gasteiger partial charge is 0.254 e. The van der Waals surface area contributed by atoms with Gasteiger partial charge in [-0.25, -0.2) is 5.43 Å². The minimum Gasteiger partial charge on any atom is -0.294 e. The molecule has 0 aromatic heterocycles. The van der Waals surface area contributed by atoms with E-state index >= 15 is 0 Å². The van der Waals surface area contributed by atoms with Crippen molar-refractivity contribution in [3.05, 3.63) is 47.0 Å².